The molecule has 1 heterocycles. The molecule has 0 unspecified atom stereocenters. The first-order valence-corrected chi connectivity index (χ1v) is 12.8. The third-order valence-corrected chi connectivity index (χ3v) is 5.83. The maximum absolute atomic E-state index is 12.4. The Morgan fingerprint density at radius 3 is 2.38 bits per heavy atom. The van der Waals surface area contributed by atoms with Gasteiger partial charge in [-0.05, 0) is 58.2 Å². The number of rotatable bonds is 16. The average Bonchev–Trinajstić information content (AvgIpc) is 2.79. The summed E-state index contributed by atoms with van der Waals surface area (Å²) in [7, 11) is 0. The van der Waals surface area contributed by atoms with Gasteiger partial charge in [0.15, 0.2) is 5.75 Å². The normalized spacial score (nSPS) is 11.6. The zero-order valence-electron chi connectivity index (χ0n) is 21.5. The number of allylic oxidation sites excluding steroid dienone is 3. The summed E-state index contributed by atoms with van der Waals surface area (Å²) in [5.74, 6) is 0.106. The van der Waals surface area contributed by atoms with Gasteiger partial charge in [0.25, 0.3) is 0 Å². The smallest absolute Gasteiger partial charge is 0.383 e. The fourth-order valence-electron chi connectivity index (χ4n) is 3.81. The first kappa shape index (κ1) is 27.6. The molecule has 0 amide bonds. The van der Waals surface area contributed by atoms with Crippen LogP contribution in [0.25, 0.3) is 11.0 Å². The molecule has 5 heteroatoms. The van der Waals surface area contributed by atoms with Gasteiger partial charge in [0.1, 0.15) is 23.3 Å². The SMILES string of the molecule is CCCCCCCCCCOc1c(O)c2c(OC/C=C(\C)CCC=C(C)C)cccc2oc1=O. The predicted molar refractivity (Wildman–Crippen MR) is 140 cm³/mol. The average molecular weight is 471 g/mol. The van der Waals surface area contributed by atoms with Crippen LogP contribution in [0.1, 0.15) is 91.9 Å². The Morgan fingerprint density at radius 2 is 1.68 bits per heavy atom. The number of hydrogen-bond donors (Lipinski definition) is 1. The summed E-state index contributed by atoms with van der Waals surface area (Å²) in [6.07, 6.45) is 15.6. The van der Waals surface area contributed by atoms with Crippen LogP contribution in [0.5, 0.6) is 17.2 Å². The Hall–Kier alpha value is -2.69. The minimum Gasteiger partial charge on any atom is -0.503 e. The van der Waals surface area contributed by atoms with Gasteiger partial charge in [-0.15, -0.1) is 0 Å². The Balaban J connectivity index is 1.97. The minimum absolute atomic E-state index is 0.139. The van der Waals surface area contributed by atoms with E-state index in [2.05, 4.69) is 33.8 Å². The van der Waals surface area contributed by atoms with Gasteiger partial charge in [-0.1, -0.05) is 75.2 Å². The van der Waals surface area contributed by atoms with Crippen LogP contribution in [0.4, 0.5) is 0 Å². The minimum atomic E-state index is -0.670. The molecule has 34 heavy (non-hydrogen) atoms. The van der Waals surface area contributed by atoms with E-state index in [9.17, 15) is 9.90 Å². The molecule has 188 valence electrons. The Labute approximate surface area is 204 Å². The molecule has 1 N–H and O–H groups in total. The standard InChI is InChI=1S/C29H42O5/c1-5-6-7-8-9-10-11-12-20-33-28-27(30)26-24(17-14-18-25(26)34-29(28)31)32-21-19-23(4)16-13-15-22(2)3/h14-15,17-19,30H,5-13,16,20-21H2,1-4H3/b23-19+. The summed E-state index contributed by atoms with van der Waals surface area (Å²) in [5.41, 5.74) is 2.17. The second kappa shape index (κ2) is 15.3. The molecule has 0 fully saturated rings. The number of hydrogen-bond acceptors (Lipinski definition) is 5. The lowest BCUT2D eigenvalue weighted by Crippen LogP contribution is -2.09. The van der Waals surface area contributed by atoms with E-state index in [1.807, 2.05) is 6.08 Å². The highest BCUT2D eigenvalue weighted by molar-refractivity contribution is 5.91. The van der Waals surface area contributed by atoms with Crippen molar-refractivity contribution >= 4 is 11.0 Å². The molecule has 0 spiro atoms. The third-order valence-electron chi connectivity index (χ3n) is 5.83. The van der Waals surface area contributed by atoms with Gasteiger partial charge in [0, 0.05) is 0 Å². The Morgan fingerprint density at radius 1 is 0.971 bits per heavy atom. The number of unbranched alkanes of at least 4 members (excludes halogenated alkanes) is 7. The number of fused-ring (bicyclic) bond motifs is 1. The van der Waals surface area contributed by atoms with E-state index in [0.29, 0.717) is 24.3 Å². The van der Waals surface area contributed by atoms with Crippen molar-refractivity contribution in [1.29, 1.82) is 0 Å². The lowest BCUT2D eigenvalue weighted by atomic mass is 10.1. The Kier molecular flexibility index (Phi) is 12.4. The summed E-state index contributed by atoms with van der Waals surface area (Å²) < 4.78 is 17.0. The van der Waals surface area contributed by atoms with Gasteiger partial charge in [0.05, 0.1) is 6.61 Å². The molecule has 0 aliphatic heterocycles. The first-order chi connectivity index (χ1) is 16.4. The van der Waals surface area contributed by atoms with Crippen LogP contribution in [0.3, 0.4) is 0 Å². The molecule has 5 nitrogen and oxygen atoms in total. The van der Waals surface area contributed by atoms with Crippen molar-refractivity contribution in [2.45, 2.75) is 91.9 Å². The molecular weight excluding hydrogens is 428 g/mol. The maximum Gasteiger partial charge on any atom is 0.383 e. The fourth-order valence-corrected chi connectivity index (χ4v) is 3.81. The monoisotopic (exact) mass is 470 g/mol. The van der Waals surface area contributed by atoms with Crippen LogP contribution in [-0.4, -0.2) is 18.3 Å². The Bertz CT molecular complexity index is 995. The summed E-state index contributed by atoms with van der Waals surface area (Å²) in [4.78, 5) is 12.4. The molecule has 0 saturated carbocycles. The summed E-state index contributed by atoms with van der Waals surface area (Å²) in [5, 5.41) is 11.2. The fraction of sp³-hybridized carbons (Fsp3) is 0.552. The lowest BCUT2D eigenvalue weighted by molar-refractivity contribution is 0.274. The van der Waals surface area contributed by atoms with Crippen molar-refractivity contribution in [2.75, 3.05) is 13.2 Å². The summed E-state index contributed by atoms with van der Waals surface area (Å²) in [6, 6.07) is 5.15. The van der Waals surface area contributed by atoms with Crippen molar-refractivity contribution in [3.8, 4) is 17.2 Å². The van der Waals surface area contributed by atoms with Crippen LogP contribution in [0.15, 0.2) is 50.7 Å². The van der Waals surface area contributed by atoms with Crippen molar-refractivity contribution in [1.82, 2.24) is 0 Å². The second-order valence-electron chi connectivity index (χ2n) is 9.20. The molecule has 0 saturated heterocycles. The van der Waals surface area contributed by atoms with E-state index in [-0.39, 0.29) is 17.1 Å². The summed E-state index contributed by atoms with van der Waals surface area (Å²) in [6.45, 7) is 9.24. The number of benzene rings is 1. The molecule has 0 bridgehead atoms. The highest BCUT2D eigenvalue weighted by Gasteiger charge is 2.18. The van der Waals surface area contributed by atoms with E-state index >= 15 is 0 Å². The number of ether oxygens (including phenoxy) is 2. The van der Waals surface area contributed by atoms with Crippen LogP contribution >= 0.6 is 0 Å². The van der Waals surface area contributed by atoms with E-state index in [1.165, 1.54) is 43.3 Å². The molecule has 0 atom stereocenters. The molecule has 1 aromatic heterocycles. The molecule has 0 aliphatic carbocycles. The second-order valence-corrected chi connectivity index (χ2v) is 9.20. The van der Waals surface area contributed by atoms with Gasteiger partial charge in [0.2, 0.25) is 5.75 Å². The van der Waals surface area contributed by atoms with Crippen LogP contribution in [0, 0.1) is 0 Å². The van der Waals surface area contributed by atoms with Gasteiger partial charge < -0.3 is 19.0 Å². The topological polar surface area (TPSA) is 68.9 Å². The van der Waals surface area contributed by atoms with Crippen molar-refractivity contribution < 1.29 is 19.0 Å². The van der Waals surface area contributed by atoms with E-state index < -0.39 is 5.63 Å². The highest BCUT2D eigenvalue weighted by Crippen LogP contribution is 2.37. The van der Waals surface area contributed by atoms with Crippen molar-refractivity contribution in [3.63, 3.8) is 0 Å². The molecule has 2 rings (SSSR count). The first-order valence-electron chi connectivity index (χ1n) is 12.8. The molecule has 1 aromatic carbocycles. The lowest BCUT2D eigenvalue weighted by Gasteiger charge is -2.12. The van der Waals surface area contributed by atoms with Gasteiger partial charge in [-0.3, -0.25) is 0 Å². The molecular formula is C29H42O5. The third kappa shape index (κ3) is 9.28. The van der Waals surface area contributed by atoms with Gasteiger partial charge in [-0.25, -0.2) is 4.79 Å². The zero-order valence-corrected chi connectivity index (χ0v) is 21.5. The van der Waals surface area contributed by atoms with E-state index in [4.69, 9.17) is 13.9 Å². The van der Waals surface area contributed by atoms with Crippen LogP contribution in [0.2, 0.25) is 0 Å². The molecule has 2 aromatic rings. The van der Waals surface area contributed by atoms with Gasteiger partial charge in [-0.2, -0.15) is 0 Å². The van der Waals surface area contributed by atoms with Gasteiger partial charge >= 0.3 is 5.63 Å². The highest BCUT2D eigenvalue weighted by atomic mass is 16.5. The quantitative estimate of drug-likeness (QED) is 0.152. The zero-order chi connectivity index (χ0) is 24.8. The van der Waals surface area contributed by atoms with Crippen molar-refractivity contribution in [3.05, 3.63) is 51.9 Å². The van der Waals surface area contributed by atoms with Crippen molar-refractivity contribution in [2.24, 2.45) is 0 Å². The largest absolute Gasteiger partial charge is 0.503 e. The van der Waals surface area contributed by atoms with Crippen LogP contribution in [-0.2, 0) is 0 Å². The van der Waals surface area contributed by atoms with Crippen LogP contribution < -0.4 is 15.1 Å². The molecule has 0 radical (unpaired) electrons. The summed E-state index contributed by atoms with van der Waals surface area (Å²) >= 11 is 0. The number of aromatic hydroxyl groups is 1. The maximum atomic E-state index is 12.4. The predicted octanol–water partition coefficient (Wildman–Crippen LogP) is 8.09. The van der Waals surface area contributed by atoms with E-state index in [0.717, 1.165) is 32.1 Å². The molecule has 0 aliphatic rings. The van der Waals surface area contributed by atoms with E-state index in [1.54, 1.807) is 18.2 Å².